The second kappa shape index (κ2) is 5.87. The van der Waals surface area contributed by atoms with Gasteiger partial charge in [-0.1, -0.05) is 17.3 Å². The molecule has 0 aliphatic heterocycles. The Morgan fingerprint density at radius 3 is 2.56 bits per heavy atom. The summed E-state index contributed by atoms with van der Waals surface area (Å²) in [4.78, 5) is 22.0. The average Bonchev–Trinajstić information content (AvgIpc) is 3.03. The highest BCUT2D eigenvalue weighted by Crippen LogP contribution is 2.43. The molecule has 8 nitrogen and oxygen atoms in total. The lowest BCUT2D eigenvalue weighted by Gasteiger charge is -2.35. The van der Waals surface area contributed by atoms with Crippen LogP contribution >= 0.6 is 0 Å². The third-order valence-electron chi connectivity index (χ3n) is 4.48. The average molecular weight is 334 g/mol. The normalized spacial score (nSPS) is 15.2. The summed E-state index contributed by atoms with van der Waals surface area (Å²) in [6, 6.07) is 10.2. The number of H-pyrrole nitrogens is 1. The number of hydrogen-bond donors (Lipinski definition) is 2. The van der Waals surface area contributed by atoms with Gasteiger partial charge in [0.1, 0.15) is 0 Å². The van der Waals surface area contributed by atoms with E-state index in [1.54, 1.807) is 0 Å². The van der Waals surface area contributed by atoms with Gasteiger partial charge in [-0.3, -0.25) is 9.51 Å². The molecule has 1 fully saturated rings. The number of rotatable bonds is 4. The van der Waals surface area contributed by atoms with Crippen molar-refractivity contribution >= 4 is 11.5 Å². The molecular formula is C17H14N6O2. The van der Waals surface area contributed by atoms with E-state index in [1.807, 2.05) is 24.3 Å². The van der Waals surface area contributed by atoms with Crippen molar-refractivity contribution in [3.05, 3.63) is 52.8 Å². The van der Waals surface area contributed by atoms with E-state index >= 15 is 0 Å². The first-order valence-corrected chi connectivity index (χ1v) is 7.86. The van der Waals surface area contributed by atoms with Gasteiger partial charge in [0, 0.05) is 18.1 Å². The van der Waals surface area contributed by atoms with E-state index in [0.29, 0.717) is 11.5 Å². The van der Waals surface area contributed by atoms with Gasteiger partial charge < -0.3 is 5.32 Å². The maximum absolute atomic E-state index is 11.1. The van der Waals surface area contributed by atoms with Gasteiger partial charge in [0.05, 0.1) is 11.5 Å². The number of hydrogen-bond acceptors (Lipinski definition) is 7. The van der Waals surface area contributed by atoms with Gasteiger partial charge in [0.25, 0.3) is 0 Å². The molecule has 25 heavy (non-hydrogen) atoms. The lowest BCUT2D eigenvalue weighted by Crippen LogP contribution is -2.32. The van der Waals surface area contributed by atoms with Crippen LogP contribution in [-0.4, -0.2) is 20.1 Å². The summed E-state index contributed by atoms with van der Waals surface area (Å²) in [6.07, 6.45) is 5.95. The molecule has 0 radical (unpaired) electrons. The van der Waals surface area contributed by atoms with Crippen molar-refractivity contribution in [1.82, 2.24) is 20.1 Å². The Labute approximate surface area is 142 Å². The first kappa shape index (κ1) is 15.1. The summed E-state index contributed by atoms with van der Waals surface area (Å²) in [5.41, 5.74) is 1.87. The molecule has 0 spiro atoms. The van der Waals surface area contributed by atoms with E-state index in [-0.39, 0.29) is 11.2 Å². The van der Waals surface area contributed by atoms with Crippen LogP contribution in [-0.2, 0) is 5.41 Å². The SMILES string of the molecule is N#CC1(c2ccc(Nc3nccnc3-c3noc(=O)[nH]3)cc2)CCC1. The molecule has 124 valence electrons. The zero-order valence-electron chi connectivity index (χ0n) is 13.2. The quantitative estimate of drug-likeness (QED) is 0.752. The monoisotopic (exact) mass is 334 g/mol. The van der Waals surface area contributed by atoms with Gasteiger partial charge >= 0.3 is 5.76 Å². The van der Waals surface area contributed by atoms with Crippen LogP contribution in [0.4, 0.5) is 11.5 Å². The third-order valence-corrected chi connectivity index (χ3v) is 4.48. The zero-order chi connectivity index (χ0) is 17.3. The Balaban J connectivity index is 1.61. The van der Waals surface area contributed by atoms with Gasteiger partial charge in [-0.05, 0) is 37.0 Å². The second-order valence-electron chi connectivity index (χ2n) is 5.95. The minimum absolute atomic E-state index is 0.204. The zero-order valence-corrected chi connectivity index (χ0v) is 13.2. The summed E-state index contributed by atoms with van der Waals surface area (Å²) < 4.78 is 4.52. The summed E-state index contributed by atoms with van der Waals surface area (Å²) in [5.74, 6) is -0.00758. The fraction of sp³-hybridized carbons (Fsp3) is 0.235. The Morgan fingerprint density at radius 1 is 1.20 bits per heavy atom. The number of aromatic nitrogens is 4. The second-order valence-corrected chi connectivity index (χ2v) is 5.95. The highest BCUT2D eigenvalue weighted by molar-refractivity contribution is 5.70. The van der Waals surface area contributed by atoms with Crippen molar-refractivity contribution in [2.24, 2.45) is 0 Å². The minimum Gasteiger partial charge on any atom is -0.338 e. The third kappa shape index (κ3) is 2.65. The van der Waals surface area contributed by atoms with Gasteiger partial charge in [0.15, 0.2) is 11.5 Å². The van der Waals surface area contributed by atoms with E-state index in [1.165, 1.54) is 12.4 Å². The molecule has 1 aliphatic rings. The van der Waals surface area contributed by atoms with Crippen molar-refractivity contribution in [1.29, 1.82) is 5.26 Å². The summed E-state index contributed by atoms with van der Waals surface area (Å²) in [5, 5.41) is 16.2. The van der Waals surface area contributed by atoms with Crippen LogP contribution in [0.15, 0.2) is 46.0 Å². The molecule has 4 rings (SSSR count). The molecule has 2 N–H and O–H groups in total. The Kier molecular flexibility index (Phi) is 3.54. The molecular weight excluding hydrogens is 320 g/mol. The molecule has 8 heteroatoms. The van der Waals surface area contributed by atoms with Crippen LogP contribution in [0.25, 0.3) is 11.5 Å². The fourth-order valence-corrected chi connectivity index (χ4v) is 2.94. The lowest BCUT2D eigenvalue weighted by atomic mass is 9.65. The van der Waals surface area contributed by atoms with Gasteiger partial charge in [-0.15, -0.1) is 0 Å². The van der Waals surface area contributed by atoms with E-state index in [9.17, 15) is 10.1 Å². The van der Waals surface area contributed by atoms with Crippen molar-refractivity contribution in [3.63, 3.8) is 0 Å². The maximum atomic E-state index is 11.1. The van der Waals surface area contributed by atoms with Crippen LogP contribution in [0.5, 0.6) is 0 Å². The first-order valence-electron chi connectivity index (χ1n) is 7.86. The predicted molar refractivity (Wildman–Crippen MR) is 89.0 cm³/mol. The molecule has 0 bridgehead atoms. The Hall–Kier alpha value is -3.47. The molecule has 0 saturated heterocycles. The molecule has 0 unspecified atom stereocenters. The standard InChI is InChI=1S/C17H14N6O2/c18-10-17(6-1-7-17)11-2-4-12(5-3-11)21-14-13(19-8-9-20-14)15-22-16(24)25-23-15/h2-5,8-9H,1,6-7H2,(H,20,21)(H,22,23,24). The highest BCUT2D eigenvalue weighted by atomic mass is 16.5. The number of nitriles is 1. The van der Waals surface area contributed by atoms with E-state index in [2.05, 4.69) is 36.0 Å². The number of nitrogens with one attached hydrogen (secondary N) is 2. The predicted octanol–water partition coefficient (Wildman–Crippen LogP) is 2.51. The van der Waals surface area contributed by atoms with Crippen LogP contribution in [0.2, 0.25) is 0 Å². The number of benzene rings is 1. The lowest BCUT2D eigenvalue weighted by molar-refractivity contribution is 0.324. The maximum Gasteiger partial charge on any atom is 0.439 e. The van der Waals surface area contributed by atoms with Gasteiger partial charge in [-0.2, -0.15) is 5.26 Å². The van der Waals surface area contributed by atoms with Crippen molar-refractivity contribution in [2.45, 2.75) is 24.7 Å². The van der Waals surface area contributed by atoms with Gasteiger partial charge in [-0.25, -0.2) is 14.8 Å². The molecule has 1 saturated carbocycles. The highest BCUT2D eigenvalue weighted by Gasteiger charge is 2.38. The van der Waals surface area contributed by atoms with Crippen molar-refractivity contribution < 1.29 is 4.52 Å². The molecule has 1 aromatic carbocycles. The number of anilines is 2. The molecule has 2 aromatic heterocycles. The molecule has 3 aromatic rings. The summed E-state index contributed by atoms with van der Waals surface area (Å²) in [6.45, 7) is 0. The fourth-order valence-electron chi connectivity index (χ4n) is 2.94. The largest absolute Gasteiger partial charge is 0.439 e. The summed E-state index contributed by atoms with van der Waals surface area (Å²) in [7, 11) is 0. The summed E-state index contributed by atoms with van der Waals surface area (Å²) >= 11 is 0. The first-order chi connectivity index (χ1) is 12.2. The van der Waals surface area contributed by atoms with E-state index in [0.717, 1.165) is 30.5 Å². The van der Waals surface area contributed by atoms with Crippen molar-refractivity contribution in [2.75, 3.05) is 5.32 Å². The molecule has 0 amide bonds. The Morgan fingerprint density at radius 2 is 1.96 bits per heavy atom. The van der Waals surface area contributed by atoms with Crippen LogP contribution in [0.1, 0.15) is 24.8 Å². The smallest absolute Gasteiger partial charge is 0.338 e. The molecule has 0 atom stereocenters. The Bertz CT molecular complexity index is 995. The van der Waals surface area contributed by atoms with E-state index in [4.69, 9.17) is 0 Å². The van der Waals surface area contributed by atoms with Crippen LogP contribution in [0, 0.1) is 11.3 Å². The number of nitrogens with zero attached hydrogens (tertiary/aromatic N) is 4. The number of aromatic amines is 1. The molecule has 2 heterocycles. The topological polar surface area (TPSA) is 120 Å². The minimum atomic E-state index is -0.654. The van der Waals surface area contributed by atoms with Crippen LogP contribution in [0.3, 0.4) is 0 Å². The van der Waals surface area contributed by atoms with Gasteiger partial charge in [0.2, 0.25) is 5.82 Å². The van der Waals surface area contributed by atoms with Crippen molar-refractivity contribution in [3.8, 4) is 17.6 Å². The van der Waals surface area contributed by atoms with E-state index < -0.39 is 5.76 Å². The van der Waals surface area contributed by atoms with Crippen LogP contribution < -0.4 is 11.1 Å². The molecule has 1 aliphatic carbocycles.